The molecule has 0 atom stereocenters. The van der Waals surface area contributed by atoms with Crippen LogP contribution in [0, 0.1) is 0 Å². The van der Waals surface area contributed by atoms with Crippen LogP contribution in [0.15, 0.2) is 146 Å². The molecule has 281 valence electrons. The summed E-state index contributed by atoms with van der Waals surface area (Å²) in [6.07, 6.45) is 0. The second kappa shape index (κ2) is 16.7. The van der Waals surface area contributed by atoms with Crippen molar-refractivity contribution in [2.75, 3.05) is 0 Å². The van der Waals surface area contributed by atoms with Crippen molar-refractivity contribution < 1.29 is 57.3 Å². The molecule has 0 spiro atoms. The van der Waals surface area contributed by atoms with E-state index in [0.717, 1.165) is 0 Å². The monoisotopic (exact) mass is 800 g/mol. The molecule has 14 nitrogen and oxygen atoms in total. The molecule has 0 amide bonds. The van der Waals surface area contributed by atoms with Crippen molar-refractivity contribution in [3.8, 4) is 79.9 Å². The summed E-state index contributed by atoms with van der Waals surface area (Å²) < 4.78 is 2.83. The van der Waals surface area contributed by atoms with Crippen molar-refractivity contribution in [1.82, 2.24) is 29.5 Å². The van der Waals surface area contributed by atoms with E-state index in [4.69, 9.17) is 0 Å². The number of carbonyl (C=O) groups excluding carboxylic acids is 2. The molecule has 57 heavy (non-hydrogen) atoms. The predicted octanol–water partition coefficient (Wildman–Crippen LogP) is 2.22. The van der Waals surface area contributed by atoms with Crippen molar-refractivity contribution in [3.05, 3.63) is 157 Å². The van der Waals surface area contributed by atoms with Gasteiger partial charge in [-0.1, -0.05) is 144 Å². The summed E-state index contributed by atoms with van der Waals surface area (Å²) >= 11 is 0. The van der Waals surface area contributed by atoms with Crippen molar-refractivity contribution >= 4 is 11.9 Å². The predicted molar refractivity (Wildman–Crippen MR) is 191 cm³/mol. The van der Waals surface area contributed by atoms with Gasteiger partial charge in [0.25, 0.3) is 0 Å². The normalized spacial score (nSPS) is 10.5. The smallest absolute Gasteiger partial charge is 0.872 e. The molecule has 0 bridgehead atoms. The van der Waals surface area contributed by atoms with Crippen LogP contribution in [0.1, 0.15) is 20.7 Å². The molecule has 2 aromatic heterocycles. The Bertz CT molecular complexity index is 2530. The van der Waals surface area contributed by atoms with Crippen LogP contribution in [0.5, 0.6) is 23.0 Å². The molecule has 0 aliphatic carbocycles. The number of hydrogen-bond donors (Lipinski definition) is 0. The van der Waals surface area contributed by atoms with Crippen LogP contribution >= 0.6 is 0 Å². The average molecular weight is 801 g/mol. The third-order valence-corrected chi connectivity index (χ3v) is 8.42. The minimum atomic E-state index is -1.30. The van der Waals surface area contributed by atoms with Crippen LogP contribution < -0.4 is 30.6 Å². The molecule has 1 radical (unpaired) electrons. The number of hydrogen-bond acceptors (Lipinski definition) is 12. The Morgan fingerprint density at radius 1 is 0.439 bits per heavy atom. The zero-order valence-corrected chi connectivity index (χ0v) is 30.3. The summed E-state index contributed by atoms with van der Waals surface area (Å²) in [5, 5.41) is 79.8. The first kappa shape index (κ1) is 39.0. The summed E-state index contributed by atoms with van der Waals surface area (Å²) in [5.41, 5.74) is 2.24. The van der Waals surface area contributed by atoms with Gasteiger partial charge in [-0.3, -0.25) is 0 Å². The SMILES string of the molecule is O=C([O-])c1ccc(-n2n[14c](-c3ccccc3[O-])nc2-c2ccccc2[O-])cc1.O=C([O-])c1ccc(-n2n[14c](-c3ccccc3[O-])nc2-c2ccccc2[O-])cc1.[Fe+3]. The van der Waals surface area contributed by atoms with E-state index >= 15 is 0 Å². The van der Waals surface area contributed by atoms with Crippen LogP contribution in [0.4, 0.5) is 0 Å². The van der Waals surface area contributed by atoms with Gasteiger partial charge in [0.05, 0.1) is 23.3 Å². The molecular formula is C42H24FeN6O8-3. The van der Waals surface area contributed by atoms with Crippen LogP contribution in [0.2, 0.25) is 0 Å². The minimum absolute atomic E-state index is 0. The van der Waals surface area contributed by atoms with Gasteiger partial charge >= 0.3 is 17.1 Å². The summed E-state index contributed by atoms with van der Waals surface area (Å²) in [6.45, 7) is 0. The summed E-state index contributed by atoms with van der Waals surface area (Å²) in [4.78, 5) is 30.8. The van der Waals surface area contributed by atoms with E-state index in [1.54, 1.807) is 72.8 Å². The first-order valence-electron chi connectivity index (χ1n) is 16.7. The molecule has 0 saturated heterocycles. The molecular weight excluding hydrogens is 776 g/mol. The fraction of sp³-hybridized carbons (Fsp3) is 0. The molecule has 8 aromatic rings. The van der Waals surface area contributed by atoms with Gasteiger partial charge in [-0.25, -0.2) is 19.3 Å². The van der Waals surface area contributed by atoms with Crippen LogP contribution in [0.3, 0.4) is 0 Å². The van der Waals surface area contributed by atoms with Crippen molar-refractivity contribution in [2.24, 2.45) is 0 Å². The number of carboxylic acids is 2. The van der Waals surface area contributed by atoms with Gasteiger partial charge < -0.3 is 40.2 Å². The van der Waals surface area contributed by atoms with Crippen molar-refractivity contribution in [2.45, 2.75) is 0 Å². The van der Waals surface area contributed by atoms with Gasteiger partial charge in [-0.05, 0) is 35.4 Å². The number of carboxylic acid groups (broad SMARTS) is 2. The molecule has 0 fully saturated rings. The maximum absolute atomic E-state index is 12.3. The van der Waals surface area contributed by atoms with E-state index in [1.807, 2.05) is 0 Å². The molecule has 6 aromatic carbocycles. The van der Waals surface area contributed by atoms with E-state index in [1.165, 1.54) is 82.2 Å². The van der Waals surface area contributed by atoms with Crippen LogP contribution in [-0.4, -0.2) is 41.5 Å². The van der Waals surface area contributed by atoms with Gasteiger partial charge in [-0.2, -0.15) is 0 Å². The number of carbonyl (C=O) groups is 2. The first-order chi connectivity index (χ1) is 27.1. The summed E-state index contributed by atoms with van der Waals surface area (Å²) in [6, 6.07) is 37.0. The van der Waals surface area contributed by atoms with Crippen LogP contribution in [0.25, 0.3) is 56.9 Å². The zero-order chi connectivity index (χ0) is 39.3. The molecule has 0 saturated carbocycles. The molecule has 0 aliphatic heterocycles. The van der Waals surface area contributed by atoms with E-state index < -0.39 is 11.9 Å². The average Bonchev–Trinajstić information content (AvgIpc) is 3.85. The number of aromatic nitrogens is 6. The number of nitrogens with zero attached hydrogens (tertiary/aromatic N) is 6. The Kier molecular flexibility index (Phi) is 11.4. The first-order valence-corrected chi connectivity index (χ1v) is 16.7. The number of aromatic carboxylic acids is 2. The standard InChI is InChI=1S/2C21H15N3O4.Fe/c2*25-17-7-3-1-5-15(17)19-22-20(16-6-2-4-8-18(16)26)24(23-19)14-11-9-13(10-12-14)21(27)28;/h2*1-12,25-26H,(H,27,28);/q;;+3/p-6/i2*19+2;. The maximum atomic E-state index is 12.3. The van der Waals surface area contributed by atoms with E-state index in [2.05, 4.69) is 20.2 Å². The van der Waals surface area contributed by atoms with Gasteiger partial charge in [0.15, 0.2) is 23.3 Å². The Balaban J connectivity index is 0.000000189. The Hall–Kier alpha value is -7.74. The van der Waals surface area contributed by atoms with Gasteiger partial charge in [0, 0.05) is 22.3 Å². The van der Waals surface area contributed by atoms with Gasteiger partial charge in [0.1, 0.15) is 0 Å². The molecule has 2 heterocycles. The molecule has 8 rings (SSSR count). The quantitative estimate of drug-likeness (QED) is 0.201. The molecule has 0 unspecified atom stereocenters. The Morgan fingerprint density at radius 3 is 1.07 bits per heavy atom. The maximum Gasteiger partial charge on any atom is 3.00 e. The van der Waals surface area contributed by atoms with Gasteiger partial charge in [0.2, 0.25) is 0 Å². The number of benzene rings is 6. The van der Waals surface area contributed by atoms with Crippen molar-refractivity contribution in [3.63, 3.8) is 0 Å². The molecule has 0 aliphatic rings. The van der Waals surface area contributed by atoms with E-state index in [-0.39, 0.29) is 74.5 Å². The largest absolute Gasteiger partial charge is 3.00 e. The molecule has 0 N–H and O–H groups in total. The summed E-state index contributed by atoms with van der Waals surface area (Å²) in [7, 11) is 0. The fourth-order valence-corrected chi connectivity index (χ4v) is 5.64. The van der Waals surface area contributed by atoms with E-state index in [0.29, 0.717) is 33.6 Å². The van der Waals surface area contributed by atoms with Gasteiger partial charge in [-0.15, -0.1) is 10.2 Å². The summed E-state index contributed by atoms with van der Waals surface area (Å²) in [5.74, 6) is -2.71. The van der Waals surface area contributed by atoms with Crippen molar-refractivity contribution in [1.29, 1.82) is 0 Å². The third-order valence-electron chi connectivity index (χ3n) is 8.42. The third kappa shape index (κ3) is 8.19. The number of para-hydroxylation sites is 4. The second-order valence-electron chi connectivity index (χ2n) is 12.0. The van der Waals surface area contributed by atoms with Crippen LogP contribution in [-0.2, 0) is 17.1 Å². The zero-order valence-electron chi connectivity index (χ0n) is 29.2. The molecule has 15 heteroatoms. The number of rotatable bonds is 8. The minimum Gasteiger partial charge on any atom is -0.872 e. The Morgan fingerprint density at radius 2 is 0.754 bits per heavy atom. The second-order valence-corrected chi connectivity index (χ2v) is 12.0. The van der Waals surface area contributed by atoms with E-state index in [9.17, 15) is 40.2 Å². The Labute approximate surface area is 334 Å². The fourth-order valence-electron chi connectivity index (χ4n) is 5.64. The topological polar surface area (TPSA) is 234 Å².